The minimum atomic E-state index is -0.573. The maximum atomic E-state index is 13.9. The molecule has 1 aromatic rings. The molecule has 0 aliphatic heterocycles. The van der Waals surface area contributed by atoms with Gasteiger partial charge in [0.25, 0.3) is 0 Å². The van der Waals surface area contributed by atoms with E-state index in [-0.39, 0.29) is 17.5 Å². The second-order valence-corrected chi connectivity index (χ2v) is 5.68. The Hall–Kier alpha value is -1.42. The molecule has 2 atom stereocenters. The van der Waals surface area contributed by atoms with Gasteiger partial charge in [0.05, 0.1) is 6.10 Å². The lowest BCUT2D eigenvalue weighted by Gasteiger charge is -2.17. The van der Waals surface area contributed by atoms with E-state index in [2.05, 4.69) is 0 Å². The molecule has 0 radical (unpaired) electrons. The summed E-state index contributed by atoms with van der Waals surface area (Å²) in [5, 5.41) is 9.56. The normalized spacial score (nSPS) is 23.8. The molecule has 1 N–H and O–H groups in total. The fourth-order valence-corrected chi connectivity index (χ4v) is 2.46. The van der Waals surface area contributed by atoms with Crippen LogP contribution in [0.5, 0.6) is 5.75 Å². The molecule has 0 spiro atoms. The van der Waals surface area contributed by atoms with Crippen LogP contribution in [0.2, 0.25) is 0 Å². The van der Waals surface area contributed by atoms with E-state index in [1.807, 2.05) is 13.8 Å². The van der Waals surface area contributed by atoms with E-state index in [0.717, 1.165) is 0 Å². The van der Waals surface area contributed by atoms with Crippen LogP contribution in [0, 0.1) is 5.82 Å². The number of aliphatic hydroxyl groups is 1. The summed E-state index contributed by atoms with van der Waals surface area (Å²) in [6.45, 7) is 3.85. The van der Waals surface area contributed by atoms with Gasteiger partial charge in [0, 0.05) is 12.5 Å². The van der Waals surface area contributed by atoms with Crippen LogP contribution in [-0.2, 0) is 4.79 Å². The van der Waals surface area contributed by atoms with E-state index in [1.54, 1.807) is 12.1 Å². The van der Waals surface area contributed by atoms with Gasteiger partial charge in [-0.25, -0.2) is 4.39 Å². The van der Waals surface area contributed by atoms with Crippen LogP contribution >= 0.6 is 0 Å². The monoisotopic (exact) mass is 280 g/mol. The molecule has 1 aromatic carbocycles. The predicted octanol–water partition coefficient (Wildman–Crippen LogP) is 3.20. The summed E-state index contributed by atoms with van der Waals surface area (Å²) in [7, 11) is 0. The van der Waals surface area contributed by atoms with Crippen molar-refractivity contribution in [2.75, 3.05) is 0 Å². The number of carbonyl (C=O) groups excluding carboxylic acids is 1. The van der Waals surface area contributed by atoms with E-state index < -0.39 is 12.2 Å². The molecule has 0 heterocycles. The Morgan fingerprint density at radius 2 is 2.05 bits per heavy atom. The highest BCUT2D eigenvalue weighted by atomic mass is 19.1. The molecule has 4 heteroatoms. The number of rotatable bonds is 3. The first-order chi connectivity index (χ1) is 9.47. The third kappa shape index (κ3) is 3.57. The van der Waals surface area contributed by atoms with Gasteiger partial charge in [-0.1, -0.05) is 19.9 Å². The van der Waals surface area contributed by atoms with Crippen molar-refractivity contribution in [1.29, 1.82) is 0 Å². The van der Waals surface area contributed by atoms with Crippen LogP contribution in [0.4, 0.5) is 4.39 Å². The van der Waals surface area contributed by atoms with Crippen molar-refractivity contribution in [2.45, 2.75) is 57.7 Å². The van der Waals surface area contributed by atoms with E-state index in [9.17, 15) is 14.3 Å². The van der Waals surface area contributed by atoms with Crippen LogP contribution in [0.3, 0.4) is 0 Å². The van der Waals surface area contributed by atoms with Crippen molar-refractivity contribution in [3.05, 3.63) is 29.6 Å². The molecule has 0 saturated heterocycles. The molecule has 20 heavy (non-hydrogen) atoms. The average Bonchev–Trinajstić information content (AvgIpc) is 2.54. The summed E-state index contributed by atoms with van der Waals surface area (Å²) < 4.78 is 19.5. The number of hydrogen-bond acceptors (Lipinski definition) is 3. The largest absolute Gasteiger partial charge is 0.483 e. The number of aliphatic hydroxyl groups excluding tert-OH is 1. The molecule has 0 aromatic heterocycles. The number of carbonyl (C=O) groups is 1. The highest BCUT2D eigenvalue weighted by Crippen LogP contribution is 2.25. The van der Waals surface area contributed by atoms with Crippen molar-refractivity contribution in [1.82, 2.24) is 0 Å². The summed E-state index contributed by atoms with van der Waals surface area (Å²) in [5.74, 6) is 0.161. The second kappa shape index (κ2) is 6.35. The number of hydrogen-bond donors (Lipinski definition) is 1. The molecule has 1 aliphatic rings. The summed E-state index contributed by atoms with van der Waals surface area (Å²) >= 11 is 0. The lowest BCUT2D eigenvalue weighted by molar-refractivity contribution is -0.125. The molecule has 110 valence electrons. The number of benzene rings is 1. The van der Waals surface area contributed by atoms with Crippen LogP contribution < -0.4 is 4.74 Å². The standard InChI is InChI=1S/C16H21FO3/c1-10(2)13-6-5-12(9-14(13)17)20-16-8-4-11(18)3-7-15(16)19/h5-6,9-11,16,18H,3-4,7-8H2,1-2H3. The third-order valence-electron chi connectivity index (χ3n) is 3.72. The Labute approximate surface area is 118 Å². The first-order valence-corrected chi connectivity index (χ1v) is 7.14. The SMILES string of the molecule is CC(C)c1ccc(OC2CCC(O)CCC2=O)cc1F. The Bertz CT molecular complexity index is 485. The number of ether oxygens (including phenoxy) is 1. The molecule has 1 aliphatic carbocycles. The summed E-state index contributed by atoms with van der Waals surface area (Å²) in [6, 6.07) is 4.74. The smallest absolute Gasteiger partial charge is 0.173 e. The third-order valence-corrected chi connectivity index (χ3v) is 3.72. The molecule has 0 bridgehead atoms. The van der Waals surface area contributed by atoms with Gasteiger partial charge in [0.1, 0.15) is 11.6 Å². The van der Waals surface area contributed by atoms with Gasteiger partial charge in [-0.05, 0) is 36.8 Å². The zero-order chi connectivity index (χ0) is 14.7. The molecule has 3 nitrogen and oxygen atoms in total. The second-order valence-electron chi connectivity index (χ2n) is 5.68. The van der Waals surface area contributed by atoms with Crippen molar-refractivity contribution in [3.63, 3.8) is 0 Å². The van der Waals surface area contributed by atoms with Crippen molar-refractivity contribution < 1.29 is 19.0 Å². The van der Waals surface area contributed by atoms with E-state index in [1.165, 1.54) is 6.07 Å². The zero-order valence-corrected chi connectivity index (χ0v) is 11.9. The lowest BCUT2D eigenvalue weighted by atomic mass is 10.0. The summed E-state index contributed by atoms with van der Waals surface area (Å²) in [4.78, 5) is 11.9. The number of ketones is 1. The first kappa shape index (κ1) is 15.0. The first-order valence-electron chi connectivity index (χ1n) is 7.14. The Morgan fingerprint density at radius 3 is 2.70 bits per heavy atom. The van der Waals surface area contributed by atoms with Gasteiger partial charge in [0.2, 0.25) is 0 Å². The summed E-state index contributed by atoms with van der Waals surface area (Å²) in [6.07, 6.45) is 0.817. The minimum Gasteiger partial charge on any atom is -0.483 e. The summed E-state index contributed by atoms with van der Waals surface area (Å²) in [5.41, 5.74) is 0.639. The van der Waals surface area contributed by atoms with Gasteiger partial charge in [-0.3, -0.25) is 4.79 Å². The van der Waals surface area contributed by atoms with Crippen LogP contribution in [0.15, 0.2) is 18.2 Å². The van der Waals surface area contributed by atoms with Gasteiger partial charge >= 0.3 is 0 Å². The molecule has 2 rings (SSSR count). The Kier molecular flexibility index (Phi) is 4.76. The Balaban J connectivity index is 2.09. The van der Waals surface area contributed by atoms with Crippen molar-refractivity contribution in [3.8, 4) is 5.75 Å². The van der Waals surface area contributed by atoms with Crippen LogP contribution in [0.1, 0.15) is 51.0 Å². The molecule has 0 amide bonds. The van der Waals surface area contributed by atoms with Crippen molar-refractivity contribution in [2.24, 2.45) is 0 Å². The molecular formula is C16H21FO3. The van der Waals surface area contributed by atoms with E-state index in [4.69, 9.17) is 4.74 Å². The van der Waals surface area contributed by atoms with Crippen molar-refractivity contribution >= 4 is 5.78 Å². The van der Waals surface area contributed by atoms with Gasteiger partial charge in [-0.2, -0.15) is 0 Å². The zero-order valence-electron chi connectivity index (χ0n) is 11.9. The average molecular weight is 280 g/mol. The topological polar surface area (TPSA) is 46.5 Å². The minimum absolute atomic E-state index is 0.0186. The fraction of sp³-hybridized carbons (Fsp3) is 0.562. The van der Waals surface area contributed by atoms with Crippen LogP contribution in [-0.4, -0.2) is 23.1 Å². The van der Waals surface area contributed by atoms with E-state index in [0.29, 0.717) is 37.0 Å². The predicted molar refractivity (Wildman–Crippen MR) is 74.4 cm³/mol. The maximum Gasteiger partial charge on any atom is 0.173 e. The van der Waals surface area contributed by atoms with E-state index >= 15 is 0 Å². The lowest BCUT2D eigenvalue weighted by Crippen LogP contribution is -2.25. The highest BCUT2D eigenvalue weighted by molar-refractivity contribution is 5.83. The highest BCUT2D eigenvalue weighted by Gasteiger charge is 2.26. The Morgan fingerprint density at radius 1 is 1.30 bits per heavy atom. The fourth-order valence-electron chi connectivity index (χ4n) is 2.46. The number of halogens is 1. The quantitative estimate of drug-likeness (QED) is 0.865. The van der Waals surface area contributed by atoms with Gasteiger partial charge < -0.3 is 9.84 Å². The maximum absolute atomic E-state index is 13.9. The number of Topliss-reactive ketones (excluding diaryl/α,β-unsaturated/α-hetero) is 1. The van der Waals surface area contributed by atoms with Crippen LogP contribution in [0.25, 0.3) is 0 Å². The molecule has 1 fully saturated rings. The molecule has 1 saturated carbocycles. The molecular weight excluding hydrogens is 259 g/mol. The molecule has 2 unspecified atom stereocenters. The van der Waals surface area contributed by atoms with Gasteiger partial charge in [-0.15, -0.1) is 0 Å². The van der Waals surface area contributed by atoms with Gasteiger partial charge in [0.15, 0.2) is 11.9 Å².